The summed E-state index contributed by atoms with van der Waals surface area (Å²) in [6, 6.07) is 1.13. The number of hydrogen-bond donors (Lipinski definition) is 0. The van der Waals surface area contributed by atoms with Crippen molar-refractivity contribution < 1.29 is 9.18 Å². The first kappa shape index (κ1) is 12.0. The summed E-state index contributed by atoms with van der Waals surface area (Å²) in [7, 11) is 0. The molecule has 0 fully saturated rings. The molecule has 0 spiro atoms. The van der Waals surface area contributed by atoms with E-state index in [0.29, 0.717) is 13.1 Å². The van der Waals surface area contributed by atoms with Gasteiger partial charge in [-0.15, -0.1) is 0 Å². The molecule has 0 unspecified atom stereocenters. The van der Waals surface area contributed by atoms with Crippen LogP contribution in [0.5, 0.6) is 0 Å². The number of nitrogens with zero attached hydrogens (tertiary/aromatic N) is 2. The Balaban J connectivity index is 2.25. The van der Waals surface area contributed by atoms with E-state index < -0.39 is 5.82 Å². The van der Waals surface area contributed by atoms with E-state index in [1.165, 1.54) is 0 Å². The van der Waals surface area contributed by atoms with Gasteiger partial charge in [0.1, 0.15) is 11.0 Å². The quantitative estimate of drug-likeness (QED) is 0.570. The number of hydrogen-bond acceptors (Lipinski definition) is 2. The van der Waals surface area contributed by atoms with Crippen molar-refractivity contribution in [3.8, 4) is 0 Å². The van der Waals surface area contributed by atoms with Crippen LogP contribution in [0.1, 0.15) is 23.7 Å². The second-order valence-corrected chi connectivity index (χ2v) is 4.42. The van der Waals surface area contributed by atoms with Crippen LogP contribution in [0, 0.1) is 5.82 Å². The summed E-state index contributed by atoms with van der Waals surface area (Å²) in [5.74, 6) is -0.823. The molecule has 1 amide bonds. The van der Waals surface area contributed by atoms with Gasteiger partial charge in [0.15, 0.2) is 0 Å². The fourth-order valence-electron chi connectivity index (χ4n) is 1.83. The Morgan fingerprint density at radius 1 is 1.59 bits per heavy atom. The largest absolute Gasteiger partial charge is 0.334 e. The van der Waals surface area contributed by atoms with Gasteiger partial charge in [-0.2, -0.15) is 0 Å². The van der Waals surface area contributed by atoms with Crippen LogP contribution in [-0.2, 0) is 0 Å². The SMILES string of the molecule is CC1=CCCN(C(=O)c2cc(F)cnc2Cl)C1. The Kier molecular flexibility index (Phi) is 3.43. The van der Waals surface area contributed by atoms with Crippen LogP contribution in [0.15, 0.2) is 23.9 Å². The zero-order chi connectivity index (χ0) is 12.4. The molecule has 5 heteroatoms. The van der Waals surface area contributed by atoms with Crippen molar-refractivity contribution in [3.63, 3.8) is 0 Å². The third-order valence-corrected chi connectivity index (χ3v) is 2.96. The molecule has 0 aliphatic carbocycles. The van der Waals surface area contributed by atoms with Crippen molar-refractivity contribution >= 4 is 17.5 Å². The van der Waals surface area contributed by atoms with Crippen molar-refractivity contribution in [2.75, 3.05) is 13.1 Å². The highest BCUT2D eigenvalue weighted by atomic mass is 35.5. The Labute approximate surface area is 104 Å². The summed E-state index contributed by atoms with van der Waals surface area (Å²) in [6.07, 6.45) is 3.91. The van der Waals surface area contributed by atoms with E-state index in [1.54, 1.807) is 4.90 Å². The first-order valence-electron chi connectivity index (χ1n) is 5.34. The van der Waals surface area contributed by atoms with E-state index in [9.17, 15) is 9.18 Å². The number of rotatable bonds is 1. The number of carbonyl (C=O) groups is 1. The van der Waals surface area contributed by atoms with Gasteiger partial charge in [0.2, 0.25) is 0 Å². The monoisotopic (exact) mass is 254 g/mol. The minimum atomic E-state index is -0.554. The molecule has 3 nitrogen and oxygen atoms in total. The van der Waals surface area contributed by atoms with Gasteiger partial charge < -0.3 is 4.90 Å². The van der Waals surface area contributed by atoms with Crippen LogP contribution < -0.4 is 0 Å². The summed E-state index contributed by atoms with van der Waals surface area (Å²) in [5.41, 5.74) is 1.26. The van der Waals surface area contributed by atoms with Gasteiger partial charge in [0, 0.05) is 13.1 Å². The normalized spacial score (nSPS) is 15.7. The van der Waals surface area contributed by atoms with Crippen molar-refractivity contribution in [2.45, 2.75) is 13.3 Å². The fraction of sp³-hybridized carbons (Fsp3) is 0.333. The van der Waals surface area contributed by atoms with Gasteiger partial charge >= 0.3 is 0 Å². The van der Waals surface area contributed by atoms with Crippen molar-refractivity contribution in [3.05, 3.63) is 40.4 Å². The molecule has 1 aliphatic rings. The topological polar surface area (TPSA) is 33.2 Å². The summed E-state index contributed by atoms with van der Waals surface area (Å²) in [5, 5.41) is 0.0450. The lowest BCUT2D eigenvalue weighted by atomic mass is 10.1. The number of carbonyl (C=O) groups excluding carboxylic acids is 1. The molecule has 0 saturated heterocycles. The molecule has 0 saturated carbocycles. The highest BCUT2D eigenvalue weighted by Crippen LogP contribution is 2.18. The van der Waals surface area contributed by atoms with Crippen molar-refractivity contribution in [1.82, 2.24) is 9.88 Å². The third kappa shape index (κ3) is 2.64. The van der Waals surface area contributed by atoms with Crippen molar-refractivity contribution in [1.29, 1.82) is 0 Å². The average Bonchev–Trinajstić information content (AvgIpc) is 2.31. The molecule has 0 radical (unpaired) electrons. The summed E-state index contributed by atoms with van der Waals surface area (Å²) in [4.78, 5) is 17.4. The first-order valence-corrected chi connectivity index (χ1v) is 5.71. The van der Waals surface area contributed by atoms with Gasteiger partial charge in [0.25, 0.3) is 5.91 Å². The lowest BCUT2D eigenvalue weighted by molar-refractivity contribution is 0.0765. The van der Waals surface area contributed by atoms with Gasteiger partial charge in [-0.25, -0.2) is 9.37 Å². The van der Waals surface area contributed by atoms with Crippen LogP contribution in [0.4, 0.5) is 4.39 Å². The number of aromatic nitrogens is 1. The lowest BCUT2D eigenvalue weighted by Crippen LogP contribution is -2.35. The zero-order valence-corrected chi connectivity index (χ0v) is 10.2. The maximum Gasteiger partial charge on any atom is 0.257 e. The summed E-state index contributed by atoms with van der Waals surface area (Å²) in [6.45, 7) is 3.15. The van der Waals surface area contributed by atoms with E-state index in [1.807, 2.05) is 6.92 Å². The molecule has 2 heterocycles. The molecule has 0 bridgehead atoms. The second kappa shape index (κ2) is 4.84. The molecule has 17 heavy (non-hydrogen) atoms. The lowest BCUT2D eigenvalue weighted by Gasteiger charge is -2.26. The minimum Gasteiger partial charge on any atom is -0.334 e. The Bertz CT molecular complexity index is 487. The van der Waals surface area contributed by atoms with E-state index >= 15 is 0 Å². The highest BCUT2D eigenvalue weighted by molar-refractivity contribution is 6.32. The fourth-order valence-corrected chi connectivity index (χ4v) is 2.01. The molecule has 0 N–H and O–H groups in total. The van der Waals surface area contributed by atoms with Crippen molar-refractivity contribution in [2.24, 2.45) is 0 Å². The number of pyridine rings is 1. The maximum atomic E-state index is 13.0. The Morgan fingerprint density at radius 3 is 3.06 bits per heavy atom. The Morgan fingerprint density at radius 2 is 2.35 bits per heavy atom. The van der Waals surface area contributed by atoms with Crippen LogP contribution >= 0.6 is 11.6 Å². The molecule has 2 rings (SSSR count). The van der Waals surface area contributed by atoms with E-state index in [-0.39, 0.29) is 16.6 Å². The standard InChI is InChI=1S/C12H12ClFN2O/c1-8-3-2-4-16(7-8)12(17)10-5-9(14)6-15-11(10)13/h3,5-6H,2,4,7H2,1H3. The van der Waals surface area contributed by atoms with E-state index in [2.05, 4.69) is 11.1 Å². The molecular weight excluding hydrogens is 243 g/mol. The molecule has 90 valence electrons. The van der Waals surface area contributed by atoms with Gasteiger partial charge in [-0.3, -0.25) is 4.79 Å². The van der Waals surface area contributed by atoms with Gasteiger partial charge in [-0.05, 0) is 19.4 Å². The molecule has 0 aromatic carbocycles. The summed E-state index contributed by atoms with van der Waals surface area (Å²) >= 11 is 5.81. The molecule has 1 aliphatic heterocycles. The van der Waals surface area contributed by atoms with E-state index in [0.717, 1.165) is 24.3 Å². The van der Waals surface area contributed by atoms with Crippen LogP contribution in [0.25, 0.3) is 0 Å². The third-order valence-electron chi connectivity index (χ3n) is 2.66. The van der Waals surface area contributed by atoms with Crippen LogP contribution in [0.3, 0.4) is 0 Å². The number of amides is 1. The summed E-state index contributed by atoms with van der Waals surface area (Å²) < 4.78 is 13.0. The molecule has 0 atom stereocenters. The molecule has 1 aromatic rings. The van der Waals surface area contributed by atoms with Gasteiger partial charge in [-0.1, -0.05) is 23.3 Å². The molecule has 1 aromatic heterocycles. The second-order valence-electron chi connectivity index (χ2n) is 4.06. The van der Waals surface area contributed by atoms with E-state index in [4.69, 9.17) is 11.6 Å². The van der Waals surface area contributed by atoms with Gasteiger partial charge in [0.05, 0.1) is 11.8 Å². The minimum absolute atomic E-state index is 0.0450. The van der Waals surface area contributed by atoms with Crippen LogP contribution in [-0.4, -0.2) is 28.9 Å². The first-order chi connectivity index (χ1) is 8.08. The maximum absolute atomic E-state index is 13.0. The molecular formula is C12H12ClFN2O. The predicted molar refractivity (Wildman–Crippen MR) is 63.5 cm³/mol. The Hall–Kier alpha value is -1.42. The smallest absolute Gasteiger partial charge is 0.257 e. The predicted octanol–water partition coefficient (Wildman–Crippen LogP) is 2.67. The average molecular weight is 255 g/mol. The number of halogens is 2. The highest BCUT2D eigenvalue weighted by Gasteiger charge is 2.21. The zero-order valence-electron chi connectivity index (χ0n) is 9.41. The van der Waals surface area contributed by atoms with Crippen LogP contribution in [0.2, 0.25) is 5.15 Å².